The third-order valence-corrected chi connectivity index (χ3v) is 5.64. The monoisotopic (exact) mass is 300 g/mol. The van der Waals surface area contributed by atoms with Gasteiger partial charge in [-0.15, -0.1) is 0 Å². The van der Waals surface area contributed by atoms with Crippen molar-refractivity contribution in [1.29, 1.82) is 0 Å². The largest absolute Gasteiger partial charge is 0.356 e. The maximum Gasteiger partial charge on any atom is 0.220 e. The van der Waals surface area contributed by atoms with Crippen LogP contribution < -0.4 is 5.32 Å². The van der Waals surface area contributed by atoms with Gasteiger partial charge in [0, 0.05) is 25.4 Å². The summed E-state index contributed by atoms with van der Waals surface area (Å²) in [5.41, 5.74) is 1.26. The quantitative estimate of drug-likeness (QED) is 0.779. The van der Waals surface area contributed by atoms with Gasteiger partial charge in [0.15, 0.2) is 0 Å². The van der Waals surface area contributed by atoms with Crippen molar-refractivity contribution in [3.05, 3.63) is 30.1 Å². The van der Waals surface area contributed by atoms with Gasteiger partial charge in [0.2, 0.25) is 5.91 Å². The van der Waals surface area contributed by atoms with Gasteiger partial charge in [0.25, 0.3) is 0 Å². The summed E-state index contributed by atoms with van der Waals surface area (Å²) >= 11 is 0. The molecule has 3 nitrogen and oxygen atoms in total. The average Bonchev–Trinajstić information content (AvgIpc) is 3.14. The van der Waals surface area contributed by atoms with E-state index in [0.29, 0.717) is 6.42 Å². The number of fused-ring (bicyclic) bond motifs is 1. The van der Waals surface area contributed by atoms with Crippen LogP contribution >= 0.6 is 0 Å². The lowest BCUT2D eigenvalue weighted by atomic mass is 9.92. The minimum Gasteiger partial charge on any atom is -0.356 e. The molecule has 0 saturated heterocycles. The Hall–Kier alpha value is -1.38. The molecule has 120 valence electrons. The van der Waals surface area contributed by atoms with Crippen LogP contribution in [0.3, 0.4) is 0 Å². The fourth-order valence-electron chi connectivity index (χ4n) is 4.43. The molecule has 0 bridgehead atoms. The number of hydrogen-bond acceptors (Lipinski definition) is 2. The highest BCUT2D eigenvalue weighted by molar-refractivity contribution is 5.75. The van der Waals surface area contributed by atoms with Crippen LogP contribution in [-0.2, 0) is 11.2 Å². The molecular weight excluding hydrogens is 272 g/mol. The van der Waals surface area contributed by atoms with Crippen molar-refractivity contribution in [2.45, 2.75) is 57.8 Å². The van der Waals surface area contributed by atoms with E-state index in [1.54, 1.807) is 6.20 Å². The molecule has 0 unspecified atom stereocenters. The normalized spacial score (nSPS) is 26.8. The molecular formula is C19H28N2O. The second-order valence-electron chi connectivity index (χ2n) is 7.06. The Morgan fingerprint density at radius 3 is 3.05 bits per heavy atom. The average molecular weight is 300 g/mol. The van der Waals surface area contributed by atoms with Crippen LogP contribution in [0.25, 0.3) is 0 Å². The predicted molar refractivity (Wildman–Crippen MR) is 88.4 cm³/mol. The van der Waals surface area contributed by atoms with E-state index in [1.165, 1.54) is 37.7 Å². The third kappa shape index (κ3) is 4.08. The first kappa shape index (κ1) is 15.5. The van der Waals surface area contributed by atoms with Crippen LogP contribution in [0.5, 0.6) is 0 Å². The number of nitrogens with one attached hydrogen (secondary N) is 1. The van der Waals surface area contributed by atoms with Gasteiger partial charge in [0.1, 0.15) is 0 Å². The van der Waals surface area contributed by atoms with Crippen molar-refractivity contribution in [3.63, 3.8) is 0 Å². The summed E-state index contributed by atoms with van der Waals surface area (Å²) in [6.45, 7) is 0.919. The molecule has 3 rings (SSSR count). The maximum absolute atomic E-state index is 12.0. The summed E-state index contributed by atoms with van der Waals surface area (Å²) in [6.07, 6.45) is 14.4. The Kier molecular flexibility index (Phi) is 5.47. The number of amides is 1. The molecule has 2 saturated carbocycles. The molecule has 1 heterocycles. The smallest absolute Gasteiger partial charge is 0.220 e. The number of carbonyl (C=O) groups excluding carboxylic acids is 1. The van der Waals surface area contributed by atoms with Gasteiger partial charge in [-0.1, -0.05) is 18.9 Å². The highest BCUT2D eigenvalue weighted by Crippen LogP contribution is 2.47. The minimum atomic E-state index is 0.243. The number of aromatic nitrogens is 1. The number of hydrogen-bond donors (Lipinski definition) is 1. The standard InChI is InChI=1S/C19H28N2O/c22-19(9-2-1-5-15-6-4-12-20-13-15)21-14-17-11-10-16-7-3-8-18(16)17/h4,6,12-13,16-18H,1-3,5,7-11,14H2,(H,21,22)/t16-,17+,18-/m0/s1. The van der Waals surface area contributed by atoms with E-state index in [0.717, 1.165) is 43.6 Å². The summed E-state index contributed by atoms with van der Waals surface area (Å²) in [6, 6.07) is 4.07. The van der Waals surface area contributed by atoms with Crippen LogP contribution in [0.2, 0.25) is 0 Å². The van der Waals surface area contributed by atoms with Crippen LogP contribution in [0.1, 0.15) is 56.9 Å². The molecule has 0 aliphatic heterocycles. The lowest BCUT2D eigenvalue weighted by Crippen LogP contribution is -2.30. The van der Waals surface area contributed by atoms with Crippen LogP contribution in [0, 0.1) is 17.8 Å². The number of carbonyl (C=O) groups is 1. The van der Waals surface area contributed by atoms with Gasteiger partial charge in [0.05, 0.1) is 0 Å². The first-order valence-corrected chi connectivity index (χ1v) is 8.98. The van der Waals surface area contributed by atoms with Crippen molar-refractivity contribution < 1.29 is 4.79 Å². The number of pyridine rings is 1. The molecule has 2 aliphatic rings. The molecule has 1 amide bonds. The van der Waals surface area contributed by atoms with E-state index in [2.05, 4.69) is 16.4 Å². The first-order chi connectivity index (χ1) is 10.8. The van der Waals surface area contributed by atoms with Gasteiger partial charge in [-0.05, 0) is 67.9 Å². The Balaban J connectivity index is 1.28. The highest BCUT2D eigenvalue weighted by atomic mass is 16.1. The number of nitrogens with zero attached hydrogens (tertiary/aromatic N) is 1. The predicted octanol–water partition coefficient (Wildman–Crippen LogP) is 3.74. The molecule has 0 aromatic carbocycles. The lowest BCUT2D eigenvalue weighted by Gasteiger charge is -2.18. The molecule has 2 fully saturated rings. The van der Waals surface area contributed by atoms with Crippen molar-refractivity contribution >= 4 is 5.91 Å². The summed E-state index contributed by atoms with van der Waals surface area (Å²) in [5, 5.41) is 3.18. The first-order valence-electron chi connectivity index (χ1n) is 8.98. The molecule has 3 atom stereocenters. The van der Waals surface area contributed by atoms with E-state index in [-0.39, 0.29) is 5.91 Å². The molecule has 3 heteroatoms. The maximum atomic E-state index is 12.0. The molecule has 1 N–H and O–H groups in total. The zero-order chi connectivity index (χ0) is 15.2. The SMILES string of the molecule is O=C(CCCCc1cccnc1)NC[C@H]1CC[C@@H]2CCC[C@@H]21. The second-order valence-corrected chi connectivity index (χ2v) is 7.06. The highest BCUT2D eigenvalue weighted by Gasteiger charge is 2.38. The minimum absolute atomic E-state index is 0.243. The molecule has 1 aromatic rings. The van der Waals surface area contributed by atoms with Gasteiger partial charge >= 0.3 is 0 Å². The van der Waals surface area contributed by atoms with E-state index in [1.807, 2.05) is 12.3 Å². The van der Waals surface area contributed by atoms with Gasteiger partial charge in [-0.3, -0.25) is 9.78 Å². The van der Waals surface area contributed by atoms with Crippen LogP contribution in [0.4, 0.5) is 0 Å². The summed E-state index contributed by atoms with van der Waals surface area (Å²) < 4.78 is 0. The molecule has 0 spiro atoms. The number of rotatable bonds is 7. The Bertz CT molecular complexity index is 474. The summed E-state index contributed by atoms with van der Waals surface area (Å²) in [5.74, 6) is 2.88. The van der Waals surface area contributed by atoms with Crippen LogP contribution in [0.15, 0.2) is 24.5 Å². The Morgan fingerprint density at radius 2 is 2.18 bits per heavy atom. The molecule has 1 aromatic heterocycles. The van der Waals surface area contributed by atoms with Crippen molar-refractivity contribution in [2.75, 3.05) is 6.54 Å². The van der Waals surface area contributed by atoms with E-state index < -0.39 is 0 Å². The van der Waals surface area contributed by atoms with E-state index >= 15 is 0 Å². The lowest BCUT2D eigenvalue weighted by molar-refractivity contribution is -0.121. The Morgan fingerprint density at radius 1 is 1.23 bits per heavy atom. The van der Waals surface area contributed by atoms with Gasteiger partial charge in [-0.2, -0.15) is 0 Å². The molecule has 22 heavy (non-hydrogen) atoms. The van der Waals surface area contributed by atoms with E-state index in [4.69, 9.17) is 0 Å². The summed E-state index contributed by atoms with van der Waals surface area (Å²) in [7, 11) is 0. The molecule has 0 radical (unpaired) electrons. The molecule has 2 aliphatic carbocycles. The van der Waals surface area contributed by atoms with Gasteiger partial charge < -0.3 is 5.32 Å². The van der Waals surface area contributed by atoms with Crippen LogP contribution in [-0.4, -0.2) is 17.4 Å². The zero-order valence-corrected chi connectivity index (χ0v) is 13.5. The summed E-state index contributed by atoms with van der Waals surface area (Å²) in [4.78, 5) is 16.1. The topological polar surface area (TPSA) is 42.0 Å². The van der Waals surface area contributed by atoms with E-state index in [9.17, 15) is 4.79 Å². The van der Waals surface area contributed by atoms with Crippen molar-refractivity contribution in [3.8, 4) is 0 Å². The van der Waals surface area contributed by atoms with Gasteiger partial charge in [-0.25, -0.2) is 0 Å². The second kappa shape index (κ2) is 7.75. The Labute approximate surface area is 133 Å². The third-order valence-electron chi connectivity index (χ3n) is 5.64. The number of unbranched alkanes of at least 4 members (excludes halogenated alkanes) is 1. The number of aryl methyl sites for hydroxylation is 1. The van der Waals surface area contributed by atoms with Crippen molar-refractivity contribution in [1.82, 2.24) is 10.3 Å². The van der Waals surface area contributed by atoms with Crippen molar-refractivity contribution in [2.24, 2.45) is 17.8 Å². The fraction of sp³-hybridized carbons (Fsp3) is 0.684. The fourth-order valence-corrected chi connectivity index (χ4v) is 4.43. The zero-order valence-electron chi connectivity index (χ0n) is 13.5.